The molecule has 0 N–H and O–H groups in total. The lowest BCUT2D eigenvalue weighted by molar-refractivity contribution is -0.133. The van der Waals surface area contributed by atoms with E-state index >= 15 is 0 Å². The van der Waals surface area contributed by atoms with Gasteiger partial charge < -0.3 is 19.3 Å². The lowest BCUT2D eigenvalue weighted by Crippen LogP contribution is -2.44. The molecule has 184 valence electrons. The van der Waals surface area contributed by atoms with E-state index in [2.05, 4.69) is 26.8 Å². The Morgan fingerprint density at radius 2 is 1.71 bits per heavy atom. The van der Waals surface area contributed by atoms with Crippen molar-refractivity contribution < 1.29 is 19.1 Å². The third-order valence-corrected chi connectivity index (χ3v) is 7.05. The lowest BCUT2D eigenvalue weighted by Gasteiger charge is -2.29. The minimum absolute atomic E-state index is 0.0281. The Hall–Kier alpha value is -3.32. The molecule has 0 radical (unpaired) electrons. The Balaban J connectivity index is 1.58. The molecule has 1 aliphatic heterocycles. The molecule has 2 heterocycles. The molecule has 35 heavy (non-hydrogen) atoms. The SMILES string of the molecule is Cc1ccccc1C(=O)N(CC(=O)N(Cc1ccc2c(c1)OCO2)Cc1sccc1C)CC(C)C. The fraction of sp³-hybridized carbons (Fsp3) is 0.357. The van der Waals surface area contributed by atoms with Crippen LogP contribution in [0, 0.1) is 19.8 Å². The number of rotatable bonds is 9. The number of hydrogen-bond donors (Lipinski definition) is 0. The molecule has 0 aliphatic carbocycles. The quantitative estimate of drug-likeness (QED) is 0.400. The predicted octanol–water partition coefficient (Wildman–Crippen LogP) is 5.42. The zero-order valence-corrected chi connectivity index (χ0v) is 21.6. The number of thiophene rings is 1. The van der Waals surface area contributed by atoms with Gasteiger partial charge in [0.05, 0.1) is 6.54 Å². The van der Waals surface area contributed by atoms with E-state index in [9.17, 15) is 9.59 Å². The first-order chi connectivity index (χ1) is 16.8. The predicted molar refractivity (Wildman–Crippen MR) is 138 cm³/mol. The molecule has 2 aromatic carbocycles. The van der Waals surface area contributed by atoms with Gasteiger partial charge in [-0.25, -0.2) is 0 Å². The summed E-state index contributed by atoms with van der Waals surface area (Å²) >= 11 is 1.64. The van der Waals surface area contributed by atoms with Crippen LogP contribution in [0.4, 0.5) is 0 Å². The number of carbonyl (C=O) groups is 2. The summed E-state index contributed by atoms with van der Waals surface area (Å²) in [5, 5.41) is 2.04. The van der Waals surface area contributed by atoms with Gasteiger partial charge in [-0.1, -0.05) is 38.1 Å². The van der Waals surface area contributed by atoms with E-state index in [-0.39, 0.29) is 31.1 Å². The average molecular weight is 493 g/mol. The van der Waals surface area contributed by atoms with E-state index in [1.54, 1.807) is 16.2 Å². The second-order valence-corrected chi connectivity index (χ2v) is 10.4. The molecule has 0 fully saturated rings. The van der Waals surface area contributed by atoms with Crippen LogP contribution < -0.4 is 9.47 Å². The lowest BCUT2D eigenvalue weighted by atomic mass is 10.1. The van der Waals surface area contributed by atoms with Gasteiger partial charge in [-0.3, -0.25) is 9.59 Å². The second kappa shape index (κ2) is 11.0. The van der Waals surface area contributed by atoms with Gasteiger partial charge in [0.2, 0.25) is 12.7 Å². The van der Waals surface area contributed by atoms with Crippen LogP contribution in [0.15, 0.2) is 53.9 Å². The zero-order chi connectivity index (χ0) is 24.9. The van der Waals surface area contributed by atoms with Gasteiger partial charge in [-0.15, -0.1) is 11.3 Å². The van der Waals surface area contributed by atoms with Gasteiger partial charge in [0.1, 0.15) is 6.54 Å². The molecule has 0 spiro atoms. The maximum Gasteiger partial charge on any atom is 0.254 e. The molecule has 0 saturated carbocycles. The van der Waals surface area contributed by atoms with Crippen LogP contribution in [0.2, 0.25) is 0 Å². The van der Waals surface area contributed by atoms with Crippen molar-refractivity contribution in [2.75, 3.05) is 19.9 Å². The first-order valence-electron chi connectivity index (χ1n) is 11.9. The molecule has 4 rings (SSSR count). The molecule has 2 amide bonds. The summed E-state index contributed by atoms with van der Waals surface area (Å²) in [6.07, 6.45) is 0. The Labute approximate surface area is 211 Å². The second-order valence-electron chi connectivity index (χ2n) is 9.36. The van der Waals surface area contributed by atoms with Gasteiger partial charge in [-0.05, 0) is 66.1 Å². The van der Waals surface area contributed by atoms with E-state index in [1.165, 1.54) is 0 Å². The number of hydrogen-bond acceptors (Lipinski definition) is 5. The molecule has 1 aromatic heterocycles. The highest BCUT2D eigenvalue weighted by Gasteiger charge is 2.25. The molecule has 0 unspecified atom stereocenters. The highest BCUT2D eigenvalue weighted by atomic mass is 32.1. The Kier molecular flexibility index (Phi) is 7.76. The van der Waals surface area contributed by atoms with Crippen LogP contribution in [-0.4, -0.2) is 41.5 Å². The van der Waals surface area contributed by atoms with Crippen molar-refractivity contribution >= 4 is 23.2 Å². The number of carbonyl (C=O) groups excluding carboxylic acids is 2. The first-order valence-corrected chi connectivity index (χ1v) is 12.7. The van der Waals surface area contributed by atoms with E-state index < -0.39 is 0 Å². The standard InChI is InChI=1S/C28H32N2O4S/c1-19(2)14-30(28(32)23-8-6-5-7-20(23)3)17-27(31)29(16-26-21(4)11-12-35-26)15-22-9-10-24-25(13-22)34-18-33-24/h5-13,19H,14-18H2,1-4H3. The summed E-state index contributed by atoms with van der Waals surface area (Å²) in [5.41, 5.74) is 3.66. The molecule has 0 atom stereocenters. The molecular weight excluding hydrogens is 460 g/mol. The van der Waals surface area contributed by atoms with Crippen LogP contribution in [0.3, 0.4) is 0 Å². The molecule has 3 aromatic rings. The van der Waals surface area contributed by atoms with Crippen molar-refractivity contribution in [2.24, 2.45) is 5.92 Å². The smallest absolute Gasteiger partial charge is 0.254 e. The van der Waals surface area contributed by atoms with Crippen LogP contribution in [-0.2, 0) is 17.9 Å². The minimum Gasteiger partial charge on any atom is -0.454 e. The number of aryl methyl sites for hydroxylation is 2. The van der Waals surface area contributed by atoms with Gasteiger partial charge >= 0.3 is 0 Å². The third-order valence-electron chi connectivity index (χ3n) is 6.04. The van der Waals surface area contributed by atoms with Crippen molar-refractivity contribution in [3.8, 4) is 11.5 Å². The Morgan fingerprint density at radius 3 is 2.43 bits per heavy atom. The number of fused-ring (bicyclic) bond motifs is 1. The largest absolute Gasteiger partial charge is 0.454 e. The topological polar surface area (TPSA) is 59.1 Å². The van der Waals surface area contributed by atoms with Crippen molar-refractivity contribution in [3.63, 3.8) is 0 Å². The molecule has 1 aliphatic rings. The fourth-order valence-electron chi connectivity index (χ4n) is 4.14. The maximum atomic E-state index is 13.7. The van der Waals surface area contributed by atoms with Crippen molar-refractivity contribution in [2.45, 2.75) is 40.8 Å². The normalized spacial score (nSPS) is 12.1. The van der Waals surface area contributed by atoms with Crippen LogP contribution in [0.25, 0.3) is 0 Å². The summed E-state index contributed by atoms with van der Waals surface area (Å²) in [4.78, 5) is 31.8. The van der Waals surface area contributed by atoms with E-state index in [4.69, 9.17) is 9.47 Å². The van der Waals surface area contributed by atoms with E-state index in [0.29, 0.717) is 36.7 Å². The van der Waals surface area contributed by atoms with Gasteiger partial charge in [-0.2, -0.15) is 0 Å². The monoisotopic (exact) mass is 492 g/mol. The van der Waals surface area contributed by atoms with Crippen LogP contribution >= 0.6 is 11.3 Å². The van der Waals surface area contributed by atoms with Crippen LogP contribution in [0.1, 0.15) is 45.8 Å². The Morgan fingerprint density at radius 1 is 0.943 bits per heavy atom. The summed E-state index contributed by atoms with van der Waals surface area (Å²) in [6, 6.07) is 15.4. The van der Waals surface area contributed by atoms with Gasteiger partial charge in [0, 0.05) is 23.5 Å². The van der Waals surface area contributed by atoms with Crippen LogP contribution in [0.5, 0.6) is 11.5 Å². The molecular formula is C28H32N2O4S. The summed E-state index contributed by atoms with van der Waals surface area (Å²) < 4.78 is 11.0. The highest BCUT2D eigenvalue weighted by molar-refractivity contribution is 7.10. The maximum absolute atomic E-state index is 13.7. The zero-order valence-electron chi connectivity index (χ0n) is 20.7. The number of benzene rings is 2. The number of amides is 2. The third kappa shape index (κ3) is 6.03. The molecule has 6 nitrogen and oxygen atoms in total. The summed E-state index contributed by atoms with van der Waals surface area (Å²) in [7, 11) is 0. The first kappa shape index (κ1) is 24.8. The van der Waals surface area contributed by atoms with E-state index in [0.717, 1.165) is 21.6 Å². The van der Waals surface area contributed by atoms with Crippen molar-refractivity contribution in [3.05, 3.63) is 81.0 Å². The molecule has 0 saturated heterocycles. The minimum atomic E-state index is -0.111. The van der Waals surface area contributed by atoms with Crippen molar-refractivity contribution in [1.29, 1.82) is 0 Å². The number of ether oxygens (including phenoxy) is 2. The molecule has 7 heteroatoms. The van der Waals surface area contributed by atoms with Gasteiger partial charge in [0.25, 0.3) is 5.91 Å². The summed E-state index contributed by atoms with van der Waals surface area (Å²) in [6.45, 7) is 9.75. The molecule has 0 bridgehead atoms. The summed E-state index contributed by atoms with van der Waals surface area (Å²) in [5.74, 6) is 1.45. The fourth-order valence-corrected chi connectivity index (χ4v) is 5.06. The number of nitrogens with zero attached hydrogens (tertiary/aromatic N) is 2. The highest BCUT2D eigenvalue weighted by Crippen LogP contribution is 2.33. The van der Waals surface area contributed by atoms with Gasteiger partial charge in [0.15, 0.2) is 11.5 Å². The Bertz CT molecular complexity index is 1200. The van der Waals surface area contributed by atoms with Crippen molar-refractivity contribution in [1.82, 2.24) is 9.80 Å². The van der Waals surface area contributed by atoms with E-state index in [1.807, 2.05) is 59.7 Å². The average Bonchev–Trinajstić information content (AvgIpc) is 3.46.